The molecule has 2 unspecified atom stereocenters. The Morgan fingerprint density at radius 2 is 2.19 bits per heavy atom. The standard InChI is InChI=1S/C17H25NO3/c1-4-10-17(16(19)20)11-7-12-18(17)13(2)14-8-5-6-9-15(14)21-3/h5-6,8-9,13H,4,7,10-12H2,1-3H3,(H,19,20). The van der Waals surface area contributed by atoms with E-state index in [1.165, 1.54) is 0 Å². The number of para-hydroxylation sites is 1. The van der Waals surface area contributed by atoms with Crippen LogP contribution in [0.2, 0.25) is 0 Å². The zero-order valence-electron chi connectivity index (χ0n) is 13.1. The molecule has 4 heteroatoms. The molecule has 116 valence electrons. The van der Waals surface area contributed by atoms with Gasteiger partial charge < -0.3 is 9.84 Å². The monoisotopic (exact) mass is 291 g/mol. The second-order valence-electron chi connectivity index (χ2n) is 5.80. The first-order chi connectivity index (χ1) is 10.1. The molecular formula is C17H25NO3. The Labute approximate surface area is 126 Å². The molecule has 2 rings (SSSR count). The summed E-state index contributed by atoms with van der Waals surface area (Å²) in [4.78, 5) is 14.1. The zero-order valence-corrected chi connectivity index (χ0v) is 13.1. The Hall–Kier alpha value is -1.55. The van der Waals surface area contributed by atoms with Gasteiger partial charge in [0, 0.05) is 11.6 Å². The molecule has 0 bridgehead atoms. The van der Waals surface area contributed by atoms with Crippen molar-refractivity contribution in [3.8, 4) is 5.75 Å². The van der Waals surface area contributed by atoms with E-state index in [4.69, 9.17) is 4.74 Å². The summed E-state index contributed by atoms with van der Waals surface area (Å²) in [7, 11) is 1.66. The quantitative estimate of drug-likeness (QED) is 0.872. The largest absolute Gasteiger partial charge is 0.496 e. The Morgan fingerprint density at radius 1 is 1.48 bits per heavy atom. The number of ether oxygens (including phenoxy) is 1. The summed E-state index contributed by atoms with van der Waals surface area (Å²) >= 11 is 0. The van der Waals surface area contributed by atoms with Crippen molar-refractivity contribution >= 4 is 5.97 Å². The summed E-state index contributed by atoms with van der Waals surface area (Å²) in [6.07, 6.45) is 3.24. The lowest BCUT2D eigenvalue weighted by molar-refractivity contribution is -0.151. The van der Waals surface area contributed by atoms with E-state index in [1.54, 1.807) is 7.11 Å². The topological polar surface area (TPSA) is 49.8 Å². The highest BCUT2D eigenvalue weighted by atomic mass is 16.5. The van der Waals surface area contributed by atoms with Gasteiger partial charge in [-0.2, -0.15) is 0 Å². The number of benzene rings is 1. The number of rotatable bonds is 6. The molecule has 0 saturated carbocycles. The average molecular weight is 291 g/mol. The minimum absolute atomic E-state index is 0.0336. The summed E-state index contributed by atoms with van der Waals surface area (Å²) in [5.74, 6) is 0.135. The molecule has 0 aliphatic carbocycles. The van der Waals surface area contributed by atoms with Crippen molar-refractivity contribution in [2.24, 2.45) is 0 Å². The zero-order chi connectivity index (χ0) is 15.5. The van der Waals surface area contributed by atoms with Gasteiger partial charge in [0.15, 0.2) is 0 Å². The van der Waals surface area contributed by atoms with Gasteiger partial charge in [-0.15, -0.1) is 0 Å². The maximum atomic E-state index is 11.9. The molecule has 1 saturated heterocycles. The van der Waals surface area contributed by atoms with Gasteiger partial charge in [0.1, 0.15) is 11.3 Å². The third kappa shape index (κ3) is 2.77. The Kier molecular flexibility index (Phi) is 4.88. The smallest absolute Gasteiger partial charge is 0.324 e. The van der Waals surface area contributed by atoms with Crippen molar-refractivity contribution in [1.29, 1.82) is 0 Å². The molecule has 0 radical (unpaired) electrons. The molecule has 4 nitrogen and oxygen atoms in total. The lowest BCUT2D eigenvalue weighted by atomic mass is 9.88. The van der Waals surface area contributed by atoms with Gasteiger partial charge in [-0.25, -0.2) is 0 Å². The van der Waals surface area contributed by atoms with Gasteiger partial charge in [0.25, 0.3) is 0 Å². The highest BCUT2D eigenvalue weighted by molar-refractivity contribution is 5.79. The van der Waals surface area contributed by atoms with Crippen LogP contribution in [0.25, 0.3) is 0 Å². The van der Waals surface area contributed by atoms with E-state index in [1.807, 2.05) is 24.3 Å². The van der Waals surface area contributed by atoms with Gasteiger partial charge in [0.2, 0.25) is 0 Å². The minimum atomic E-state index is -0.727. The van der Waals surface area contributed by atoms with Crippen LogP contribution in [0, 0.1) is 0 Å². The number of nitrogens with zero attached hydrogens (tertiary/aromatic N) is 1. The predicted octanol–water partition coefficient (Wildman–Crippen LogP) is 3.48. The fraction of sp³-hybridized carbons (Fsp3) is 0.588. The number of carboxylic acids is 1. The SMILES string of the molecule is CCCC1(C(=O)O)CCCN1C(C)c1ccccc1OC. The van der Waals surface area contributed by atoms with Crippen LogP contribution < -0.4 is 4.74 Å². The van der Waals surface area contributed by atoms with E-state index in [2.05, 4.69) is 18.7 Å². The Balaban J connectivity index is 2.36. The fourth-order valence-corrected chi connectivity index (χ4v) is 3.66. The number of hydrogen-bond donors (Lipinski definition) is 1. The molecular weight excluding hydrogens is 266 g/mol. The normalized spacial score (nSPS) is 24.0. The van der Waals surface area contributed by atoms with E-state index < -0.39 is 11.5 Å². The second-order valence-corrected chi connectivity index (χ2v) is 5.80. The molecule has 1 aliphatic rings. The van der Waals surface area contributed by atoms with E-state index in [0.29, 0.717) is 6.42 Å². The highest BCUT2D eigenvalue weighted by Crippen LogP contribution is 2.41. The maximum absolute atomic E-state index is 11.9. The van der Waals surface area contributed by atoms with Gasteiger partial charge in [-0.3, -0.25) is 9.69 Å². The second kappa shape index (κ2) is 6.48. The summed E-state index contributed by atoms with van der Waals surface area (Å²) in [6, 6.07) is 7.92. The highest BCUT2D eigenvalue weighted by Gasteiger charge is 2.49. The van der Waals surface area contributed by atoms with Crippen molar-refractivity contribution in [2.75, 3.05) is 13.7 Å². The number of carbonyl (C=O) groups is 1. The molecule has 0 amide bonds. The van der Waals surface area contributed by atoms with Crippen LogP contribution in [-0.4, -0.2) is 35.2 Å². The third-order valence-corrected chi connectivity index (χ3v) is 4.66. The molecule has 1 aliphatic heterocycles. The number of carboxylic acid groups (broad SMARTS) is 1. The molecule has 0 spiro atoms. The van der Waals surface area contributed by atoms with Crippen LogP contribution in [0.5, 0.6) is 5.75 Å². The number of methoxy groups -OCH3 is 1. The van der Waals surface area contributed by atoms with Gasteiger partial charge in [-0.1, -0.05) is 31.5 Å². The summed E-state index contributed by atoms with van der Waals surface area (Å²) in [6.45, 7) is 4.96. The molecule has 21 heavy (non-hydrogen) atoms. The van der Waals surface area contributed by atoms with Crippen molar-refractivity contribution < 1.29 is 14.6 Å². The number of aliphatic carboxylic acids is 1. The lowest BCUT2D eigenvalue weighted by Crippen LogP contribution is -2.51. The summed E-state index contributed by atoms with van der Waals surface area (Å²) < 4.78 is 5.44. The van der Waals surface area contributed by atoms with Gasteiger partial charge in [0.05, 0.1) is 7.11 Å². The molecule has 1 aromatic carbocycles. The number of hydrogen-bond acceptors (Lipinski definition) is 3. The minimum Gasteiger partial charge on any atom is -0.496 e. The number of likely N-dealkylation sites (tertiary alicyclic amines) is 1. The van der Waals surface area contributed by atoms with Crippen LogP contribution in [0.4, 0.5) is 0 Å². The molecule has 2 atom stereocenters. The van der Waals surface area contributed by atoms with Crippen molar-refractivity contribution in [3.63, 3.8) is 0 Å². The molecule has 1 aromatic rings. The van der Waals surface area contributed by atoms with Crippen molar-refractivity contribution in [1.82, 2.24) is 4.90 Å². The van der Waals surface area contributed by atoms with E-state index in [-0.39, 0.29) is 6.04 Å². The summed E-state index contributed by atoms with van der Waals surface area (Å²) in [5.41, 5.74) is 0.332. The van der Waals surface area contributed by atoms with E-state index in [0.717, 1.165) is 37.1 Å². The van der Waals surface area contributed by atoms with Gasteiger partial charge in [-0.05, 0) is 38.8 Å². The van der Waals surface area contributed by atoms with Crippen LogP contribution in [-0.2, 0) is 4.79 Å². The van der Waals surface area contributed by atoms with Crippen LogP contribution in [0.3, 0.4) is 0 Å². The predicted molar refractivity (Wildman–Crippen MR) is 82.6 cm³/mol. The molecule has 0 aromatic heterocycles. The van der Waals surface area contributed by atoms with E-state index in [9.17, 15) is 9.90 Å². The van der Waals surface area contributed by atoms with Gasteiger partial charge >= 0.3 is 5.97 Å². The van der Waals surface area contributed by atoms with Crippen LogP contribution in [0.1, 0.15) is 51.1 Å². The third-order valence-electron chi connectivity index (χ3n) is 4.66. The first kappa shape index (κ1) is 15.8. The lowest BCUT2D eigenvalue weighted by Gasteiger charge is -2.39. The van der Waals surface area contributed by atoms with Crippen molar-refractivity contribution in [3.05, 3.63) is 29.8 Å². The maximum Gasteiger partial charge on any atom is 0.324 e. The average Bonchev–Trinajstić information content (AvgIpc) is 2.92. The molecule has 1 heterocycles. The van der Waals surface area contributed by atoms with Crippen molar-refractivity contribution in [2.45, 2.75) is 51.1 Å². The van der Waals surface area contributed by atoms with E-state index >= 15 is 0 Å². The first-order valence-corrected chi connectivity index (χ1v) is 7.70. The molecule has 1 N–H and O–H groups in total. The Bertz CT molecular complexity index is 503. The molecule has 1 fully saturated rings. The van der Waals surface area contributed by atoms with Crippen LogP contribution >= 0.6 is 0 Å². The first-order valence-electron chi connectivity index (χ1n) is 7.70. The summed E-state index contributed by atoms with van der Waals surface area (Å²) in [5, 5.41) is 9.81. The fourth-order valence-electron chi connectivity index (χ4n) is 3.66. The Morgan fingerprint density at radius 3 is 2.81 bits per heavy atom. The van der Waals surface area contributed by atoms with Crippen LogP contribution in [0.15, 0.2) is 24.3 Å².